The lowest BCUT2D eigenvalue weighted by atomic mass is 10.2. The number of halogens is 2. The lowest BCUT2D eigenvalue weighted by Crippen LogP contribution is -2.36. The Morgan fingerprint density at radius 3 is 2.53 bits per heavy atom. The van der Waals surface area contributed by atoms with Crippen LogP contribution in [0.5, 0.6) is 0 Å². The Labute approximate surface area is 185 Å². The van der Waals surface area contributed by atoms with E-state index >= 15 is 0 Å². The normalized spacial score (nSPS) is 11.5. The van der Waals surface area contributed by atoms with Gasteiger partial charge >= 0.3 is 0 Å². The number of nitrogens with one attached hydrogen (secondary N) is 2. The largest absolute Gasteiger partial charge is 0.326 e. The average molecular weight is 444 g/mol. The molecule has 0 bridgehead atoms. The fourth-order valence-electron chi connectivity index (χ4n) is 2.99. The molecule has 8 heteroatoms. The molecule has 0 fully saturated rings. The van der Waals surface area contributed by atoms with Gasteiger partial charge in [0.25, 0.3) is 5.91 Å². The van der Waals surface area contributed by atoms with Gasteiger partial charge < -0.3 is 5.32 Å². The van der Waals surface area contributed by atoms with Gasteiger partial charge in [-0.05, 0) is 56.7 Å². The Balaban J connectivity index is 1.91. The van der Waals surface area contributed by atoms with Gasteiger partial charge in [0.15, 0.2) is 0 Å². The summed E-state index contributed by atoms with van der Waals surface area (Å²) in [5, 5.41) is 11.6. The molecule has 3 rings (SSSR count). The first kappa shape index (κ1) is 21.9. The van der Waals surface area contributed by atoms with Crippen molar-refractivity contribution in [1.82, 2.24) is 15.1 Å². The monoisotopic (exact) mass is 443 g/mol. The molecule has 30 heavy (non-hydrogen) atoms. The third kappa shape index (κ3) is 5.01. The van der Waals surface area contributed by atoms with Crippen molar-refractivity contribution in [3.05, 3.63) is 80.6 Å². The summed E-state index contributed by atoms with van der Waals surface area (Å²) in [6.07, 6.45) is 0. The van der Waals surface area contributed by atoms with Gasteiger partial charge in [-0.3, -0.25) is 14.8 Å². The van der Waals surface area contributed by atoms with Crippen molar-refractivity contribution in [3.63, 3.8) is 0 Å². The number of amides is 1. The zero-order chi connectivity index (χ0) is 21.8. The Morgan fingerprint density at radius 1 is 1.13 bits per heavy atom. The summed E-state index contributed by atoms with van der Waals surface area (Å²) in [7, 11) is 1.89. The van der Waals surface area contributed by atoms with Crippen LogP contribution in [0.25, 0.3) is 0 Å². The molecule has 6 nitrogen and oxygen atoms in total. The Bertz CT molecular complexity index is 1120. The molecule has 0 spiro atoms. The van der Waals surface area contributed by atoms with Gasteiger partial charge in [-0.15, -0.1) is 0 Å². The van der Waals surface area contributed by atoms with E-state index in [1.54, 1.807) is 24.3 Å². The number of carbonyl (C=O) groups excluding carboxylic acids is 1. The molecular formula is C22H23Cl2N5O. The molecule has 0 saturated heterocycles. The molecule has 0 radical (unpaired) electrons. The standard InChI is InChI=1S/C22H23Cl2N5O/c1-13-19(24)9-6-10-20(13)26-22(25-12-18-14(2)28-29(4)15(18)3)27-21(30)16-7-5-8-17(23)11-16/h5-11H,12H2,1-4H3,(H2,25,26,27,30). The van der Waals surface area contributed by atoms with Crippen LogP contribution >= 0.6 is 23.2 Å². The summed E-state index contributed by atoms with van der Waals surface area (Å²) in [5.74, 6) is -0.00365. The molecule has 1 heterocycles. The molecule has 0 aliphatic rings. The van der Waals surface area contributed by atoms with Gasteiger partial charge in [-0.1, -0.05) is 35.3 Å². The van der Waals surface area contributed by atoms with Crippen molar-refractivity contribution in [2.75, 3.05) is 5.32 Å². The summed E-state index contributed by atoms with van der Waals surface area (Å²) >= 11 is 12.3. The van der Waals surface area contributed by atoms with Crippen molar-refractivity contribution < 1.29 is 4.79 Å². The van der Waals surface area contributed by atoms with Crippen LogP contribution in [0.3, 0.4) is 0 Å². The number of aryl methyl sites for hydroxylation is 2. The number of anilines is 1. The Kier molecular flexibility index (Phi) is 6.80. The number of hydrogen-bond donors (Lipinski definition) is 2. The van der Waals surface area contributed by atoms with Crippen LogP contribution in [0.2, 0.25) is 10.0 Å². The lowest BCUT2D eigenvalue weighted by molar-refractivity contribution is 0.0977. The molecule has 2 N–H and O–H groups in total. The zero-order valence-electron chi connectivity index (χ0n) is 17.3. The van der Waals surface area contributed by atoms with E-state index < -0.39 is 0 Å². The summed E-state index contributed by atoms with van der Waals surface area (Å²) in [6, 6.07) is 12.3. The third-order valence-corrected chi connectivity index (χ3v) is 5.54. The van der Waals surface area contributed by atoms with E-state index in [-0.39, 0.29) is 5.91 Å². The first-order chi connectivity index (χ1) is 14.3. The second kappa shape index (κ2) is 9.32. The van der Waals surface area contributed by atoms with Crippen molar-refractivity contribution >= 4 is 40.8 Å². The molecule has 1 aromatic heterocycles. The fourth-order valence-corrected chi connectivity index (χ4v) is 3.36. The van der Waals surface area contributed by atoms with E-state index in [2.05, 4.69) is 20.7 Å². The number of rotatable bonds is 4. The molecule has 2 aromatic carbocycles. The van der Waals surface area contributed by atoms with Gasteiger partial charge in [0.2, 0.25) is 5.96 Å². The Hall–Kier alpha value is -2.83. The highest BCUT2D eigenvalue weighted by Gasteiger charge is 2.13. The predicted octanol–water partition coefficient (Wildman–Crippen LogP) is 5.05. The summed E-state index contributed by atoms with van der Waals surface area (Å²) < 4.78 is 1.82. The van der Waals surface area contributed by atoms with Crippen molar-refractivity contribution in [2.24, 2.45) is 12.0 Å². The zero-order valence-corrected chi connectivity index (χ0v) is 18.8. The third-order valence-electron chi connectivity index (χ3n) is 4.89. The second-order valence-corrected chi connectivity index (χ2v) is 7.78. The minimum Gasteiger partial charge on any atom is -0.326 e. The molecule has 0 atom stereocenters. The highest BCUT2D eigenvalue weighted by atomic mass is 35.5. The molecule has 0 aliphatic heterocycles. The highest BCUT2D eigenvalue weighted by Crippen LogP contribution is 2.23. The van der Waals surface area contributed by atoms with Crippen molar-refractivity contribution in [3.8, 4) is 0 Å². The molecule has 0 saturated carbocycles. The maximum Gasteiger partial charge on any atom is 0.258 e. The number of benzene rings is 2. The summed E-state index contributed by atoms with van der Waals surface area (Å²) in [6.45, 7) is 6.19. The fraction of sp³-hybridized carbons (Fsp3) is 0.227. The van der Waals surface area contributed by atoms with Gasteiger partial charge in [0.05, 0.1) is 12.2 Å². The number of carbonyl (C=O) groups is 1. The first-order valence-electron chi connectivity index (χ1n) is 9.39. The maximum atomic E-state index is 12.8. The Morgan fingerprint density at radius 2 is 1.87 bits per heavy atom. The van der Waals surface area contributed by atoms with Gasteiger partial charge in [-0.2, -0.15) is 5.10 Å². The molecule has 3 aromatic rings. The quantitative estimate of drug-likeness (QED) is 0.437. The van der Waals surface area contributed by atoms with Gasteiger partial charge in [-0.25, -0.2) is 4.99 Å². The summed E-state index contributed by atoms with van der Waals surface area (Å²) in [5.41, 5.74) is 4.99. The van der Waals surface area contributed by atoms with Crippen LogP contribution in [0, 0.1) is 20.8 Å². The molecular weight excluding hydrogens is 421 g/mol. The van der Waals surface area contributed by atoms with E-state index in [4.69, 9.17) is 23.2 Å². The van der Waals surface area contributed by atoms with Crippen LogP contribution in [-0.2, 0) is 13.6 Å². The number of aliphatic imine (C=N–C) groups is 1. The summed E-state index contributed by atoms with van der Waals surface area (Å²) in [4.78, 5) is 17.4. The number of guanidine groups is 1. The van der Waals surface area contributed by atoms with E-state index in [1.807, 2.05) is 50.7 Å². The average Bonchev–Trinajstić information content (AvgIpc) is 2.95. The SMILES string of the molecule is Cc1nn(C)c(C)c1CN=C(NC(=O)c1cccc(Cl)c1)Nc1cccc(Cl)c1C. The van der Waals surface area contributed by atoms with E-state index in [0.29, 0.717) is 28.1 Å². The predicted molar refractivity (Wildman–Crippen MR) is 123 cm³/mol. The number of aromatic nitrogens is 2. The van der Waals surface area contributed by atoms with Gasteiger partial charge in [0.1, 0.15) is 0 Å². The van der Waals surface area contributed by atoms with E-state index in [0.717, 1.165) is 28.2 Å². The van der Waals surface area contributed by atoms with Gasteiger partial charge in [0, 0.05) is 39.6 Å². The minimum absolute atomic E-state index is 0.313. The van der Waals surface area contributed by atoms with Crippen LogP contribution in [0.15, 0.2) is 47.5 Å². The van der Waals surface area contributed by atoms with Crippen LogP contribution in [0.1, 0.15) is 32.9 Å². The second-order valence-electron chi connectivity index (χ2n) is 6.94. The minimum atomic E-state index is -0.317. The maximum absolute atomic E-state index is 12.8. The van der Waals surface area contributed by atoms with Crippen LogP contribution < -0.4 is 10.6 Å². The molecule has 156 valence electrons. The van der Waals surface area contributed by atoms with Crippen LogP contribution in [0.4, 0.5) is 5.69 Å². The van der Waals surface area contributed by atoms with E-state index in [9.17, 15) is 4.79 Å². The lowest BCUT2D eigenvalue weighted by Gasteiger charge is -2.14. The molecule has 1 amide bonds. The number of hydrogen-bond acceptors (Lipinski definition) is 3. The van der Waals surface area contributed by atoms with Crippen molar-refractivity contribution in [1.29, 1.82) is 0 Å². The molecule has 0 aliphatic carbocycles. The van der Waals surface area contributed by atoms with Crippen LogP contribution in [-0.4, -0.2) is 21.6 Å². The molecule has 0 unspecified atom stereocenters. The first-order valence-corrected chi connectivity index (χ1v) is 10.1. The van der Waals surface area contributed by atoms with E-state index in [1.165, 1.54) is 0 Å². The highest BCUT2D eigenvalue weighted by molar-refractivity contribution is 6.32. The van der Waals surface area contributed by atoms with Crippen molar-refractivity contribution in [2.45, 2.75) is 27.3 Å². The topological polar surface area (TPSA) is 71.3 Å². The smallest absolute Gasteiger partial charge is 0.258 e. The number of nitrogens with zero attached hydrogens (tertiary/aromatic N) is 3.